The number of piperidine rings is 1. The first-order valence-electron chi connectivity index (χ1n) is 6.05. The summed E-state index contributed by atoms with van der Waals surface area (Å²) in [5.74, 6) is 0.968. The van der Waals surface area contributed by atoms with Gasteiger partial charge in [0.05, 0.1) is 0 Å². The van der Waals surface area contributed by atoms with E-state index in [0.717, 1.165) is 13.0 Å². The number of hydrogen-bond acceptors (Lipinski definition) is 4. The zero-order valence-corrected chi connectivity index (χ0v) is 11.7. The Bertz CT molecular complexity index is 398. The van der Waals surface area contributed by atoms with Gasteiger partial charge in [0.25, 0.3) is 5.91 Å². The number of nitrogens with one attached hydrogen (secondary N) is 2. The summed E-state index contributed by atoms with van der Waals surface area (Å²) in [7, 11) is 0. The molecular formula is C12H20ClN3O2. The van der Waals surface area contributed by atoms with Crippen LogP contribution in [0.2, 0.25) is 0 Å². The Hall–Kier alpha value is -1.07. The maximum absolute atomic E-state index is 12.0. The highest BCUT2D eigenvalue weighted by Crippen LogP contribution is 2.16. The summed E-state index contributed by atoms with van der Waals surface area (Å²) in [5.41, 5.74) is 0.354. The molecule has 3 unspecified atom stereocenters. The highest BCUT2D eigenvalue weighted by Gasteiger charge is 2.29. The number of nitrogens with zero attached hydrogens (tertiary/aromatic N) is 1. The van der Waals surface area contributed by atoms with Crippen LogP contribution in [0.25, 0.3) is 0 Å². The molecule has 1 aliphatic heterocycles. The van der Waals surface area contributed by atoms with Gasteiger partial charge in [-0.1, -0.05) is 12.1 Å². The second kappa shape index (κ2) is 6.20. The molecule has 0 aromatic carbocycles. The fourth-order valence-corrected chi connectivity index (χ4v) is 2.30. The van der Waals surface area contributed by atoms with Crippen molar-refractivity contribution in [2.24, 2.45) is 5.92 Å². The van der Waals surface area contributed by atoms with Crippen LogP contribution in [0.5, 0.6) is 0 Å². The molecule has 2 rings (SSSR count). The highest BCUT2D eigenvalue weighted by molar-refractivity contribution is 5.92. The molecular weight excluding hydrogens is 254 g/mol. The molecule has 1 amide bonds. The van der Waals surface area contributed by atoms with E-state index in [1.807, 2.05) is 0 Å². The topological polar surface area (TPSA) is 67.2 Å². The molecule has 2 heterocycles. The molecule has 1 aliphatic rings. The lowest BCUT2D eigenvalue weighted by molar-refractivity contribution is 0.0888. The number of aryl methyl sites for hydroxylation is 1. The van der Waals surface area contributed by atoms with E-state index < -0.39 is 0 Å². The van der Waals surface area contributed by atoms with Crippen LogP contribution in [-0.2, 0) is 0 Å². The van der Waals surface area contributed by atoms with Gasteiger partial charge in [-0.3, -0.25) is 4.79 Å². The summed E-state index contributed by atoms with van der Waals surface area (Å²) in [6.45, 7) is 7.04. The van der Waals surface area contributed by atoms with E-state index in [4.69, 9.17) is 4.52 Å². The number of carbonyl (C=O) groups excluding carboxylic acids is 1. The summed E-state index contributed by atoms with van der Waals surface area (Å²) < 4.78 is 4.90. The van der Waals surface area contributed by atoms with E-state index in [0.29, 0.717) is 17.4 Å². The monoisotopic (exact) mass is 273 g/mol. The number of amides is 1. The summed E-state index contributed by atoms with van der Waals surface area (Å²) >= 11 is 0. The summed E-state index contributed by atoms with van der Waals surface area (Å²) in [4.78, 5) is 12.0. The second-order valence-electron chi connectivity index (χ2n) is 4.83. The van der Waals surface area contributed by atoms with Crippen molar-refractivity contribution in [2.45, 2.75) is 39.3 Å². The van der Waals surface area contributed by atoms with Gasteiger partial charge in [0, 0.05) is 18.2 Å². The number of hydrogen-bond donors (Lipinski definition) is 2. The molecule has 1 aromatic rings. The first kappa shape index (κ1) is 15.0. The van der Waals surface area contributed by atoms with Crippen molar-refractivity contribution in [3.05, 3.63) is 17.5 Å². The van der Waals surface area contributed by atoms with Gasteiger partial charge in [0.2, 0.25) is 0 Å². The summed E-state index contributed by atoms with van der Waals surface area (Å²) in [6, 6.07) is 2.09. The largest absolute Gasteiger partial charge is 0.361 e. The van der Waals surface area contributed by atoms with Gasteiger partial charge < -0.3 is 15.2 Å². The second-order valence-corrected chi connectivity index (χ2v) is 4.83. The Labute approximate surface area is 113 Å². The van der Waals surface area contributed by atoms with Gasteiger partial charge in [0.1, 0.15) is 5.76 Å². The molecule has 0 radical (unpaired) electrons. The van der Waals surface area contributed by atoms with Crippen LogP contribution < -0.4 is 10.6 Å². The van der Waals surface area contributed by atoms with Gasteiger partial charge in [-0.15, -0.1) is 12.4 Å². The molecule has 5 nitrogen and oxygen atoms in total. The number of carbonyl (C=O) groups is 1. The molecule has 1 fully saturated rings. The van der Waals surface area contributed by atoms with Crippen LogP contribution >= 0.6 is 12.4 Å². The van der Waals surface area contributed by atoms with Gasteiger partial charge in [-0.2, -0.15) is 0 Å². The van der Waals surface area contributed by atoms with E-state index in [1.54, 1.807) is 13.0 Å². The van der Waals surface area contributed by atoms with Crippen LogP contribution in [0.15, 0.2) is 10.6 Å². The number of halogens is 1. The molecule has 0 saturated carbocycles. The molecule has 0 aliphatic carbocycles. The zero-order valence-electron chi connectivity index (χ0n) is 10.9. The van der Waals surface area contributed by atoms with Crippen LogP contribution in [-0.4, -0.2) is 29.7 Å². The van der Waals surface area contributed by atoms with Crippen LogP contribution in [0.4, 0.5) is 0 Å². The summed E-state index contributed by atoms with van der Waals surface area (Å²) in [5, 5.41) is 10.1. The molecule has 1 saturated heterocycles. The van der Waals surface area contributed by atoms with Gasteiger partial charge >= 0.3 is 0 Å². The molecule has 102 valence electrons. The first-order valence-corrected chi connectivity index (χ1v) is 6.05. The molecule has 18 heavy (non-hydrogen) atoms. The zero-order chi connectivity index (χ0) is 12.4. The minimum atomic E-state index is -0.158. The van der Waals surface area contributed by atoms with E-state index in [2.05, 4.69) is 29.6 Å². The van der Waals surface area contributed by atoms with Crippen molar-refractivity contribution < 1.29 is 9.32 Å². The number of aromatic nitrogens is 1. The van der Waals surface area contributed by atoms with Crippen molar-refractivity contribution in [1.82, 2.24) is 15.8 Å². The number of rotatable bonds is 2. The highest BCUT2D eigenvalue weighted by atomic mass is 35.5. The maximum Gasteiger partial charge on any atom is 0.273 e. The van der Waals surface area contributed by atoms with E-state index in [1.165, 1.54) is 0 Å². The summed E-state index contributed by atoms with van der Waals surface area (Å²) in [6.07, 6.45) is 1.08. The van der Waals surface area contributed by atoms with Crippen molar-refractivity contribution in [1.29, 1.82) is 0 Å². The lowest BCUT2D eigenvalue weighted by Crippen LogP contribution is -2.55. The predicted molar refractivity (Wildman–Crippen MR) is 71.0 cm³/mol. The average molecular weight is 274 g/mol. The van der Waals surface area contributed by atoms with Gasteiger partial charge in [-0.25, -0.2) is 0 Å². The van der Waals surface area contributed by atoms with Crippen LogP contribution in [0.1, 0.15) is 36.5 Å². The van der Waals surface area contributed by atoms with Crippen LogP contribution in [0, 0.1) is 12.8 Å². The Morgan fingerprint density at radius 3 is 2.83 bits per heavy atom. The normalized spacial score (nSPS) is 27.4. The fraction of sp³-hybridized carbons (Fsp3) is 0.667. The fourth-order valence-electron chi connectivity index (χ4n) is 2.30. The Balaban J connectivity index is 0.00000162. The van der Waals surface area contributed by atoms with Crippen molar-refractivity contribution in [3.63, 3.8) is 0 Å². The predicted octanol–water partition coefficient (Wildman–Crippen LogP) is 1.52. The van der Waals surface area contributed by atoms with Crippen molar-refractivity contribution in [2.75, 3.05) is 6.54 Å². The molecule has 2 N–H and O–H groups in total. The van der Waals surface area contributed by atoms with E-state index in [-0.39, 0.29) is 30.4 Å². The SMILES string of the molecule is Cc1cc(C(=O)NC2C(C)CCNC2C)no1.Cl. The molecule has 3 atom stereocenters. The molecule has 0 spiro atoms. The smallest absolute Gasteiger partial charge is 0.273 e. The van der Waals surface area contributed by atoms with Crippen LogP contribution in [0.3, 0.4) is 0 Å². The Morgan fingerprint density at radius 1 is 1.56 bits per heavy atom. The van der Waals surface area contributed by atoms with E-state index in [9.17, 15) is 4.79 Å². The third-order valence-electron chi connectivity index (χ3n) is 3.38. The molecule has 0 bridgehead atoms. The minimum Gasteiger partial charge on any atom is -0.361 e. The first-order chi connectivity index (χ1) is 8.08. The lowest BCUT2D eigenvalue weighted by atomic mass is 9.89. The molecule has 1 aromatic heterocycles. The van der Waals surface area contributed by atoms with Crippen molar-refractivity contribution in [3.8, 4) is 0 Å². The van der Waals surface area contributed by atoms with Crippen molar-refractivity contribution >= 4 is 18.3 Å². The third kappa shape index (κ3) is 3.23. The maximum atomic E-state index is 12.0. The Kier molecular flexibility index (Phi) is 5.16. The van der Waals surface area contributed by atoms with E-state index >= 15 is 0 Å². The minimum absolute atomic E-state index is 0. The standard InChI is InChI=1S/C12H19N3O2.ClH/c1-7-4-5-13-9(3)11(7)14-12(16)10-6-8(2)17-15-10;/h6-7,9,11,13H,4-5H2,1-3H3,(H,14,16);1H. The van der Waals surface area contributed by atoms with Gasteiger partial charge in [0.15, 0.2) is 5.69 Å². The molecule has 6 heteroatoms. The average Bonchev–Trinajstić information content (AvgIpc) is 2.70. The Morgan fingerprint density at radius 2 is 2.28 bits per heavy atom. The van der Waals surface area contributed by atoms with Gasteiger partial charge in [-0.05, 0) is 32.7 Å². The quantitative estimate of drug-likeness (QED) is 0.857. The third-order valence-corrected chi connectivity index (χ3v) is 3.38. The lowest BCUT2D eigenvalue weighted by Gasteiger charge is -2.35.